The SMILES string of the molecule is CCOC(=O)CCCC(N=[N+]=[N-])c1ccncc1. The van der Waals surface area contributed by atoms with Gasteiger partial charge in [-0.05, 0) is 43.0 Å². The summed E-state index contributed by atoms with van der Waals surface area (Å²) in [6, 6.07) is 3.36. The smallest absolute Gasteiger partial charge is 0.305 e. The lowest BCUT2D eigenvalue weighted by atomic mass is 10.0. The third-order valence-electron chi connectivity index (χ3n) is 2.45. The molecule has 96 valence electrons. The third kappa shape index (κ3) is 4.84. The topological polar surface area (TPSA) is 88.0 Å². The van der Waals surface area contributed by atoms with Gasteiger partial charge in [0.25, 0.3) is 0 Å². The molecule has 1 aromatic heterocycles. The Morgan fingerprint density at radius 3 is 2.89 bits per heavy atom. The molecule has 1 aromatic rings. The van der Waals surface area contributed by atoms with Gasteiger partial charge in [-0.3, -0.25) is 9.78 Å². The summed E-state index contributed by atoms with van der Waals surface area (Å²) in [5.41, 5.74) is 9.45. The molecular formula is C12H16N4O2. The van der Waals surface area contributed by atoms with Crippen molar-refractivity contribution in [3.05, 3.63) is 40.5 Å². The van der Waals surface area contributed by atoms with Crippen LogP contribution in [-0.2, 0) is 9.53 Å². The van der Waals surface area contributed by atoms with Crippen LogP contribution >= 0.6 is 0 Å². The maximum absolute atomic E-state index is 11.2. The second-order valence-electron chi connectivity index (χ2n) is 3.70. The Kier molecular flexibility index (Phi) is 6.28. The first-order chi connectivity index (χ1) is 8.77. The van der Waals surface area contributed by atoms with Crippen molar-refractivity contribution in [3.63, 3.8) is 0 Å². The number of esters is 1. The third-order valence-corrected chi connectivity index (χ3v) is 2.45. The molecule has 0 aliphatic carbocycles. The van der Waals surface area contributed by atoms with E-state index in [1.165, 1.54) is 0 Å². The highest BCUT2D eigenvalue weighted by Gasteiger charge is 2.10. The molecule has 0 aliphatic rings. The van der Waals surface area contributed by atoms with Crippen molar-refractivity contribution >= 4 is 5.97 Å². The van der Waals surface area contributed by atoms with Gasteiger partial charge >= 0.3 is 5.97 Å². The number of carbonyl (C=O) groups excluding carboxylic acids is 1. The highest BCUT2D eigenvalue weighted by Crippen LogP contribution is 2.23. The molecule has 6 heteroatoms. The number of rotatable bonds is 7. The molecule has 0 bridgehead atoms. The first-order valence-electron chi connectivity index (χ1n) is 5.87. The van der Waals surface area contributed by atoms with Crippen molar-refractivity contribution in [1.29, 1.82) is 0 Å². The summed E-state index contributed by atoms with van der Waals surface area (Å²) < 4.78 is 4.84. The van der Waals surface area contributed by atoms with Crippen LogP contribution in [-0.4, -0.2) is 17.6 Å². The largest absolute Gasteiger partial charge is 0.466 e. The van der Waals surface area contributed by atoms with E-state index in [-0.39, 0.29) is 12.0 Å². The molecule has 1 atom stereocenters. The predicted octanol–water partition coefficient (Wildman–Crippen LogP) is 3.17. The van der Waals surface area contributed by atoms with Crippen molar-refractivity contribution in [2.75, 3.05) is 6.61 Å². The van der Waals surface area contributed by atoms with Crippen LogP contribution in [0.15, 0.2) is 29.6 Å². The number of aromatic nitrogens is 1. The number of hydrogen-bond acceptors (Lipinski definition) is 4. The number of pyridine rings is 1. The van der Waals surface area contributed by atoms with E-state index in [1.807, 2.05) is 12.1 Å². The van der Waals surface area contributed by atoms with Crippen molar-refractivity contribution in [3.8, 4) is 0 Å². The van der Waals surface area contributed by atoms with E-state index in [0.717, 1.165) is 5.56 Å². The van der Waals surface area contributed by atoms with E-state index in [1.54, 1.807) is 19.3 Å². The monoisotopic (exact) mass is 248 g/mol. The fourth-order valence-corrected chi connectivity index (χ4v) is 1.61. The molecule has 0 aromatic carbocycles. The van der Waals surface area contributed by atoms with Gasteiger partial charge < -0.3 is 4.74 Å². The van der Waals surface area contributed by atoms with Crippen LogP contribution < -0.4 is 0 Å². The highest BCUT2D eigenvalue weighted by atomic mass is 16.5. The molecule has 0 radical (unpaired) electrons. The van der Waals surface area contributed by atoms with Gasteiger partial charge in [-0.15, -0.1) is 0 Å². The van der Waals surface area contributed by atoms with Crippen LogP contribution in [0.3, 0.4) is 0 Å². The lowest BCUT2D eigenvalue weighted by Crippen LogP contribution is -2.04. The first-order valence-corrected chi connectivity index (χ1v) is 5.87. The average molecular weight is 248 g/mol. The minimum atomic E-state index is -0.257. The van der Waals surface area contributed by atoms with Crippen LogP contribution in [0.4, 0.5) is 0 Å². The van der Waals surface area contributed by atoms with Gasteiger partial charge in [0.1, 0.15) is 0 Å². The Morgan fingerprint density at radius 2 is 2.28 bits per heavy atom. The number of azide groups is 1. The van der Waals surface area contributed by atoms with E-state index in [9.17, 15) is 4.79 Å². The van der Waals surface area contributed by atoms with Gasteiger partial charge in [0.05, 0.1) is 12.6 Å². The Labute approximate surface area is 106 Å². The van der Waals surface area contributed by atoms with Gasteiger partial charge in [-0.25, -0.2) is 0 Å². The molecule has 0 spiro atoms. The summed E-state index contributed by atoms with van der Waals surface area (Å²) in [7, 11) is 0. The zero-order valence-electron chi connectivity index (χ0n) is 10.3. The Hall–Kier alpha value is -2.07. The quantitative estimate of drug-likeness (QED) is 0.321. The van der Waals surface area contributed by atoms with Crippen molar-refractivity contribution in [2.24, 2.45) is 5.11 Å². The normalized spacial score (nSPS) is 11.4. The van der Waals surface area contributed by atoms with E-state index in [4.69, 9.17) is 10.3 Å². The van der Waals surface area contributed by atoms with Crippen LogP contribution in [0.2, 0.25) is 0 Å². The minimum Gasteiger partial charge on any atom is -0.466 e. The molecule has 6 nitrogen and oxygen atoms in total. The number of hydrogen-bond donors (Lipinski definition) is 0. The standard InChI is InChI=1S/C12H16N4O2/c1-2-18-12(17)5-3-4-11(15-16-13)10-6-8-14-9-7-10/h6-9,11H,2-5H2,1H3. The number of nitrogens with zero attached hydrogens (tertiary/aromatic N) is 4. The maximum atomic E-state index is 11.2. The summed E-state index contributed by atoms with van der Waals surface area (Å²) in [4.78, 5) is 17.9. The lowest BCUT2D eigenvalue weighted by Gasteiger charge is -2.10. The second-order valence-corrected chi connectivity index (χ2v) is 3.70. The molecule has 1 unspecified atom stereocenters. The fourth-order valence-electron chi connectivity index (χ4n) is 1.61. The van der Waals surface area contributed by atoms with E-state index >= 15 is 0 Å². The molecule has 18 heavy (non-hydrogen) atoms. The fraction of sp³-hybridized carbons (Fsp3) is 0.500. The van der Waals surface area contributed by atoms with Crippen molar-refractivity contribution in [2.45, 2.75) is 32.2 Å². The van der Waals surface area contributed by atoms with Crippen molar-refractivity contribution in [1.82, 2.24) is 4.98 Å². The van der Waals surface area contributed by atoms with Gasteiger partial charge in [-0.2, -0.15) is 0 Å². The molecule has 0 fully saturated rings. The summed E-state index contributed by atoms with van der Waals surface area (Å²) in [5, 5.41) is 3.74. The molecule has 1 heterocycles. The molecule has 0 N–H and O–H groups in total. The van der Waals surface area contributed by atoms with Crippen LogP contribution in [0.5, 0.6) is 0 Å². The Balaban J connectivity index is 2.50. The molecule has 0 saturated carbocycles. The minimum absolute atomic E-state index is 0.216. The first kappa shape index (κ1) is 14.0. The molecule has 0 aliphatic heterocycles. The number of ether oxygens (including phenoxy) is 1. The second kappa shape index (κ2) is 8.08. The number of carbonyl (C=O) groups is 1. The van der Waals surface area contributed by atoms with Gasteiger partial charge in [0.2, 0.25) is 0 Å². The zero-order chi connectivity index (χ0) is 13.2. The summed E-state index contributed by atoms with van der Waals surface area (Å²) >= 11 is 0. The summed E-state index contributed by atoms with van der Waals surface area (Å²) in [5.74, 6) is -0.216. The van der Waals surface area contributed by atoms with E-state index < -0.39 is 0 Å². The van der Waals surface area contributed by atoms with E-state index in [0.29, 0.717) is 25.9 Å². The molecular weight excluding hydrogens is 232 g/mol. The van der Waals surface area contributed by atoms with Gasteiger partial charge in [0.15, 0.2) is 0 Å². The molecule has 0 saturated heterocycles. The van der Waals surface area contributed by atoms with Gasteiger partial charge in [0, 0.05) is 23.7 Å². The summed E-state index contributed by atoms with van der Waals surface area (Å²) in [6.07, 6.45) is 4.90. The Bertz CT molecular complexity index is 415. The van der Waals surface area contributed by atoms with Crippen molar-refractivity contribution < 1.29 is 9.53 Å². The van der Waals surface area contributed by atoms with E-state index in [2.05, 4.69) is 15.0 Å². The van der Waals surface area contributed by atoms with Crippen LogP contribution in [0.1, 0.15) is 37.8 Å². The average Bonchev–Trinajstić information content (AvgIpc) is 2.39. The van der Waals surface area contributed by atoms with Gasteiger partial charge in [-0.1, -0.05) is 5.11 Å². The lowest BCUT2D eigenvalue weighted by molar-refractivity contribution is -0.143. The maximum Gasteiger partial charge on any atom is 0.305 e. The molecule has 0 amide bonds. The van der Waals surface area contributed by atoms with Crippen LogP contribution in [0.25, 0.3) is 10.4 Å². The molecule has 1 rings (SSSR count). The summed E-state index contributed by atoms with van der Waals surface area (Å²) in [6.45, 7) is 2.17. The highest BCUT2D eigenvalue weighted by molar-refractivity contribution is 5.69. The Morgan fingerprint density at radius 1 is 1.56 bits per heavy atom. The van der Waals surface area contributed by atoms with Crippen LogP contribution in [0, 0.1) is 0 Å². The predicted molar refractivity (Wildman–Crippen MR) is 66.6 cm³/mol. The zero-order valence-corrected chi connectivity index (χ0v) is 10.3.